The second-order valence-corrected chi connectivity index (χ2v) is 3.88. The lowest BCUT2D eigenvalue weighted by molar-refractivity contribution is -0.137. The van der Waals surface area contributed by atoms with Crippen molar-refractivity contribution >= 4 is 0 Å². The van der Waals surface area contributed by atoms with Crippen molar-refractivity contribution in [2.45, 2.75) is 32.2 Å². The maximum absolute atomic E-state index is 12.7. The van der Waals surface area contributed by atoms with E-state index in [0.29, 0.717) is 0 Å². The molecule has 1 N–H and O–H groups in total. The van der Waals surface area contributed by atoms with E-state index in [1.165, 1.54) is 26.0 Å². The maximum Gasteiger partial charge on any atom is 0.417 e. The molecule has 6 heteroatoms. The SMILES string of the molecule is C[C@@H](O)[C@@H](C)Oc1ccc(C#N)c(C(F)(F)F)c1. The molecule has 1 rings (SSSR count). The Bertz CT molecular complexity index is 463. The second kappa shape index (κ2) is 5.27. The Morgan fingerprint density at radius 2 is 1.94 bits per heavy atom. The standard InChI is InChI=1S/C12H12F3NO2/c1-7(17)8(2)18-10-4-3-9(6-16)11(5-10)12(13,14)15/h3-5,7-8,17H,1-2H3/t7-,8-/m1/s1. The molecule has 2 atom stereocenters. The van der Waals surface area contributed by atoms with Gasteiger partial charge in [-0.1, -0.05) is 0 Å². The first-order chi connectivity index (χ1) is 8.25. The van der Waals surface area contributed by atoms with Crippen LogP contribution in [0.15, 0.2) is 18.2 Å². The summed E-state index contributed by atoms with van der Waals surface area (Å²) in [6.07, 6.45) is -6.06. The van der Waals surface area contributed by atoms with Gasteiger partial charge in [-0.05, 0) is 32.0 Å². The second-order valence-electron chi connectivity index (χ2n) is 3.88. The van der Waals surface area contributed by atoms with Crippen LogP contribution in [0.25, 0.3) is 0 Å². The van der Waals surface area contributed by atoms with E-state index in [-0.39, 0.29) is 5.75 Å². The highest BCUT2D eigenvalue weighted by Gasteiger charge is 2.34. The average molecular weight is 259 g/mol. The third-order valence-electron chi connectivity index (χ3n) is 2.42. The van der Waals surface area contributed by atoms with Gasteiger partial charge in [-0.15, -0.1) is 0 Å². The molecular weight excluding hydrogens is 247 g/mol. The van der Waals surface area contributed by atoms with Crippen LogP contribution in [0.3, 0.4) is 0 Å². The summed E-state index contributed by atoms with van der Waals surface area (Å²) in [5, 5.41) is 17.8. The van der Waals surface area contributed by atoms with Gasteiger partial charge in [-0.2, -0.15) is 18.4 Å². The quantitative estimate of drug-likeness (QED) is 0.908. The van der Waals surface area contributed by atoms with Crippen molar-refractivity contribution in [2.75, 3.05) is 0 Å². The van der Waals surface area contributed by atoms with E-state index >= 15 is 0 Å². The number of halogens is 3. The summed E-state index contributed by atoms with van der Waals surface area (Å²) in [6, 6.07) is 4.56. The molecule has 0 amide bonds. The molecule has 0 radical (unpaired) electrons. The van der Waals surface area contributed by atoms with Crippen molar-refractivity contribution in [1.82, 2.24) is 0 Å². The molecule has 0 fully saturated rings. The largest absolute Gasteiger partial charge is 0.488 e. The highest BCUT2D eigenvalue weighted by Crippen LogP contribution is 2.34. The number of nitriles is 1. The first-order valence-electron chi connectivity index (χ1n) is 5.21. The molecule has 0 unspecified atom stereocenters. The molecule has 0 aliphatic rings. The van der Waals surface area contributed by atoms with Crippen LogP contribution in [0, 0.1) is 11.3 Å². The molecule has 98 valence electrons. The molecular formula is C12H12F3NO2. The summed E-state index contributed by atoms with van der Waals surface area (Å²) in [5.74, 6) is -0.0327. The topological polar surface area (TPSA) is 53.2 Å². The Kier molecular flexibility index (Phi) is 4.19. The fourth-order valence-electron chi connectivity index (χ4n) is 1.24. The van der Waals surface area contributed by atoms with Gasteiger partial charge < -0.3 is 9.84 Å². The number of nitrogens with zero attached hydrogens (tertiary/aromatic N) is 1. The number of hydrogen-bond acceptors (Lipinski definition) is 3. The average Bonchev–Trinajstić information content (AvgIpc) is 2.27. The number of ether oxygens (including phenoxy) is 1. The van der Waals surface area contributed by atoms with Crippen LogP contribution in [0.2, 0.25) is 0 Å². The Labute approximate surface area is 102 Å². The van der Waals surface area contributed by atoms with Gasteiger partial charge in [0, 0.05) is 0 Å². The summed E-state index contributed by atoms with van der Waals surface area (Å²) in [7, 11) is 0. The van der Waals surface area contributed by atoms with Gasteiger partial charge in [0.15, 0.2) is 0 Å². The number of hydrogen-bond donors (Lipinski definition) is 1. The number of aliphatic hydroxyl groups is 1. The normalized spacial score (nSPS) is 14.7. The number of alkyl halides is 3. The summed E-state index contributed by atoms with van der Waals surface area (Å²) in [5.41, 5.74) is -1.50. The molecule has 0 aliphatic carbocycles. The molecule has 1 aromatic rings. The lowest BCUT2D eigenvalue weighted by Gasteiger charge is -2.18. The third-order valence-corrected chi connectivity index (χ3v) is 2.42. The van der Waals surface area contributed by atoms with Crippen molar-refractivity contribution in [3.05, 3.63) is 29.3 Å². The minimum Gasteiger partial charge on any atom is -0.488 e. The fraction of sp³-hybridized carbons (Fsp3) is 0.417. The monoisotopic (exact) mass is 259 g/mol. The molecule has 0 aliphatic heterocycles. The van der Waals surface area contributed by atoms with Crippen LogP contribution in [0.4, 0.5) is 13.2 Å². The lowest BCUT2D eigenvalue weighted by Crippen LogP contribution is -2.25. The van der Waals surface area contributed by atoms with E-state index in [2.05, 4.69) is 0 Å². The molecule has 0 saturated heterocycles. The van der Waals surface area contributed by atoms with Crippen LogP contribution in [-0.4, -0.2) is 17.3 Å². The van der Waals surface area contributed by atoms with Crippen molar-refractivity contribution in [3.63, 3.8) is 0 Å². The van der Waals surface area contributed by atoms with Crippen molar-refractivity contribution in [2.24, 2.45) is 0 Å². The van der Waals surface area contributed by atoms with Crippen LogP contribution in [0.1, 0.15) is 25.0 Å². The molecule has 0 bridgehead atoms. The zero-order chi connectivity index (χ0) is 13.9. The molecule has 3 nitrogen and oxygen atoms in total. The molecule has 0 heterocycles. The summed E-state index contributed by atoms with van der Waals surface area (Å²) < 4.78 is 43.1. The van der Waals surface area contributed by atoms with Crippen molar-refractivity contribution < 1.29 is 23.0 Å². The molecule has 0 spiro atoms. The minimum absolute atomic E-state index is 0.0327. The Morgan fingerprint density at radius 1 is 1.33 bits per heavy atom. The van der Waals surface area contributed by atoms with Crippen LogP contribution in [-0.2, 0) is 6.18 Å². The van der Waals surface area contributed by atoms with Gasteiger partial charge in [0.05, 0.1) is 23.3 Å². The molecule has 1 aromatic carbocycles. The van der Waals surface area contributed by atoms with Crippen molar-refractivity contribution in [3.8, 4) is 11.8 Å². The zero-order valence-corrected chi connectivity index (χ0v) is 9.82. The molecule has 0 aromatic heterocycles. The van der Waals surface area contributed by atoms with Gasteiger partial charge in [0.25, 0.3) is 0 Å². The Morgan fingerprint density at radius 3 is 2.39 bits per heavy atom. The van der Waals surface area contributed by atoms with Gasteiger partial charge in [0.1, 0.15) is 11.9 Å². The van der Waals surface area contributed by atoms with E-state index in [1.807, 2.05) is 0 Å². The highest BCUT2D eigenvalue weighted by atomic mass is 19.4. The predicted molar refractivity (Wildman–Crippen MR) is 57.9 cm³/mol. The van der Waals surface area contributed by atoms with Gasteiger partial charge in [-0.25, -0.2) is 0 Å². The van der Waals surface area contributed by atoms with E-state index < -0.39 is 29.5 Å². The third kappa shape index (κ3) is 3.37. The molecule has 0 saturated carbocycles. The van der Waals surface area contributed by atoms with Gasteiger partial charge in [0.2, 0.25) is 0 Å². The number of benzene rings is 1. The number of rotatable bonds is 3. The summed E-state index contributed by atoms with van der Waals surface area (Å²) >= 11 is 0. The first kappa shape index (κ1) is 14.3. The molecule has 18 heavy (non-hydrogen) atoms. The van der Waals surface area contributed by atoms with Crippen LogP contribution in [0.5, 0.6) is 5.75 Å². The zero-order valence-electron chi connectivity index (χ0n) is 9.82. The summed E-state index contributed by atoms with van der Waals surface area (Å²) in [6.45, 7) is 3.01. The predicted octanol–water partition coefficient (Wildman–Crippen LogP) is 2.73. The van der Waals surface area contributed by atoms with Crippen LogP contribution >= 0.6 is 0 Å². The highest BCUT2D eigenvalue weighted by molar-refractivity contribution is 5.44. The number of aliphatic hydroxyl groups excluding tert-OH is 1. The van der Waals surface area contributed by atoms with E-state index in [9.17, 15) is 18.3 Å². The van der Waals surface area contributed by atoms with Gasteiger partial charge >= 0.3 is 6.18 Å². The van der Waals surface area contributed by atoms with Gasteiger partial charge in [-0.3, -0.25) is 0 Å². The van der Waals surface area contributed by atoms with E-state index in [1.54, 1.807) is 0 Å². The Hall–Kier alpha value is -1.74. The smallest absolute Gasteiger partial charge is 0.417 e. The first-order valence-corrected chi connectivity index (χ1v) is 5.21. The Balaban J connectivity index is 3.09. The van der Waals surface area contributed by atoms with E-state index in [0.717, 1.165) is 12.1 Å². The fourth-order valence-corrected chi connectivity index (χ4v) is 1.24. The lowest BCUT2D eigenvalue weighted by atomic mass is 10.1. The maximum atomic E-state index is 12.7. The van der Waals surface area contributed by atoms with Crippen molar-refractivity contribution in [1.29, 1.82) is 5.26 Å². The van der Waals surface area contributed by atoms with E-state index in [4.69, 9.17) is 10.00 Å². The van der Waals surface area contributed by atoms with Crippen LogP contribution < -0.4 is 4.74 Å². The summed E-state index contributed by atoms with van der Waals surface area (Å²) in [4.78, 5) is 0. The minimum atomic E-state index is -4.61.